The molecule has 0 spiro atoms. The first-order valence-electron chi connectivity index (χ1n) is 11.5. The molecule has 1 unspecified atom stereocenters. The monoisotopic (exact) mass is 435 g/mol. The Morgan fingerprint density at radius 1 is 0.938 bits per heavy atom. The minimum Gasteiger partial charge on any atom is -0.356 e. The highest BCUT2D eigenvalue weighted by atomic mass is 16.2. The molecule has 6 heteroatoms. The number of carbonyl (C=O) groups is 3. The minimum absolute atomic E-state index is 0.00398. The SMILES string of the molecule is O=C1CCN(C(=O)CCc2ccccc2)CCCC(C(=O)NCc2ccccc2)CCN1. The fraction of sp³-hybridized carbons (Fsp3) is 0.423. The van der Waals surface area contributed by atoms with Gasteiger partial charge in [-0.25, -0.2) is 0 Å². The zero-order valence-electron chi connectivity index (χ0n) is 18.6. The predicted molar refractivity (Wildman–Crippen MR) is 125 cm³/mol. The van der Waals surface area contributed by atoms with Crippen molar-refractivity contribution in [3.05, 3.63) is 71.8 Å². The fourth-order valence-electron chi connectivity index (χ4n) is 3.99. The fourth-order valence-corrected chi connectivity index (χ4v) is 3.99. The van der Waals surface area contributed by atoms with Gasteiger partial charge in [0.1, 0.15) is 0 Å². The third-order valence-electron chi connectivity index (χ3n) is 5.91. The van der Waals surface area contributed by atoms with Crippen LogP contribution in [0, 0.1) is 5.92 Å². The molecule has 3 rings (SSSR count). The highest BCUT2D eigenvalue weighted by Crippen LogP contribution is 2.15. The summed E-state index contributed by atoms with van der Waals surface area (Å²) >= 11 is 0. The highest BCUT2D eigenvalue weighted by Gasteiger charge is 2.21. The number of nitrogens with zero attached hydrogens (tertiary/aromatic N) is 1. The summed E-state index contributed by atoms with van der Waals surface area (Å²) in [5.74, 6) is -0.190. The number of rotatable bonds is 6. The van der Waals surface area contributed by atoms with Crippen molar-refractivity contribution in [1.29, 1.82) is 0 Å². The van der Waals surface area contributed by atoms with Gasteiger partial charge >= 0.3 is 0 Å². The molecule has 1 saturated heterocycles. The molecule has 0 bridgehead atoms. The average molecular weight is 436 g/mol. The van der Waals surface area contributed by atoms with Gasteiger partial charge in [-0.15, -0.1) is 0 Å². The molecule has 1 atom stereocenters. The standard InChI is InChI=1S/C26H33N3O3/c30-24-16-19-29(25(31)14-13-21-8-3-1-4-9-21)18-7-12-23(15-17-27-24)26(32)28-20-22-10-5-2-6-11-22/h1-6,8-11,23H,7,12-20H2,(H,27,30)(H,28,32). The van der Waals surface area contributed by atoms with E-state index in [2.05, 4.69) is 10.6 Å². The van der Waals surface area contributed by atoms with Gasteiger partial charge in [-0.1, -0.05) is 60.7 Å². The van der Waals surface area contributed by atoms with Gasteiger partial charge in [-0.05, 0) is 36.8 Å². The van der Waals surface area contributed by atoms with E-state index in [4.69, 9.17) is 0 Å². The Balaban J connectivity index is 1.53. The average Bonchev–Trinajstić information content (AvgIpc) is 2.87. The molecule has 1 heterocycles. The number of nitrogens with one attached hydrogen (secondary N) is 2. The van der Waals surface area contributed by atoms with Crippen molar-refractivity contribution in [2.45, 2.75) is 45.1 Å². The largest absolute Gasteiger partial charge is 0.356 e. The molecule has 0 aliphatic carbocycles. The lowest BCUT2D eigenvalue weighted by Crippen LogP contribution is -2.35. The molecule has 3 amide bonds. The second kappa shape index (κ2) is 12.6. The summed E-state index contributed by atoms with van der Waals surface area (Å²) in [4.78, 5) is 39.6. The van der Waals surface area contributed by atoms with Crippen molar-refractivity contribution < 1.29 is 14.4 Å². The van der Waals surface area contributed by atoms with Crippen LogP contribution in [0.3, 0.4) is 0 Å². The minimum atomic E-state index is -0.182. The maximum absolute atomic E-state index is 12.8. The lowest BCUT2D eigenvalue weighted by Gasteiger charge is -2.23. The summed E-state index contributed by atoms with van der Waals surface area (Å²) in [5.41, 5.74) is 2.19. The van der Waals surface area contributed by atoms with Crippen LogP contribution in [0.5, 0.6) is 0 Å². The Kier molecular flexibility index (Phi) is 9.29. The van der Waals surface area contributed by atoms with Gasteiger partial charge in [0.05, 0.1) is 0 Å². The summed E-state index contributed by atoms with van der Waals surface area (Å²) in [7, 11) is 0. The Labute approximate surface area is 190 Å². The van der Waals surface area contributed by atoms with Gasteiger partial charge in [0.15, 0.2) is 0 Å². The van der Waals surface area contributed by atoms with Gasteiger partial charge in [0, 0.05) is 44.9 Å². The maximum atomic E-state index is 12.8. The zero-order valence-corrected chi connectivity index (χ0v) is 18.6. The molecular weight excluding hydrogens is 402 g/mol. The summed E-state index contributed by atoms with van der Waals surface area (Å²) < 4.78 is 0. The molecule has 0 radical (unpaired) electrons. The molecule has 2 aromatic carbocycles. The van der Waals surface area contributed by atoms with Crippen LogP contribution in [0.2, 0.25) is 0 Å². The number of hydrogen-bond acceptors (Lipinski definition) is 3. The van der Waals surface area contributed by atoms with Crippen molar-refractivity contribution in [2.75, 3.05) is 19.6 Å². The third-order valence-corrected chi connectivity index (χ3v) is 5.91. The van der Waals surface area contributed by atoms with Crippen LogP contribution in [0.1, 0.15) is 43.2 Å². The van der Waals surface area contributed by atoms with E-state index < -0.39 is 0 Å². The molecule has 1 aliphatic rings. The Hall–Kier alpha value is -3.15. The van der Waals surface area contributed by atoms with E-state index in [0.717, 1.165) is 17.5 Å². The van der Waals surface area contributed by atoms with E-state index in [0.29, 0.717) is 58.3 Å². The van der Waals surface area contributed by atoms with Gasteiger partial charge in [-0.3, -0.25) is 14.4 Å². The van der Waals surface area contributed by atoms with E-state index in [1.807, 2.05) is 60.7 Å². The van der Waals surface area contributed by atoms with Gasteiger partial charge < -0.3 is 15.5 Å². The molecule has 1 aliphatic heterocycles. The van der Waals surface area contributed by atoms with Crippen LogP contribution >= 0.6 is 0 Å². The first-order chi connectivity index (χ1) is 15.6. The summed E-state index contributed by atoms with van der Waals surface area (Å²) in [6, 6.07) is 19.8. The van der Waals surface area contributed by atoms with Crippen molar-refractivity contribution >= 4 is 17.7 Å². The molecule has 2 N–H and O–H groups in total. The van der Waals surface area contributed by atoms with Crippen molar-refractivity contribution in [3.63, 3.8) is 0 Å². The third kappa shape index (κ3) is 7.84. The number of aryl methyl sites for hydroxylation is 1. The lowest BCUT2D eigenvalue weighted by atomic mass is 9.97. The predicted octanol–water partition coefficient (Wildman–Crippen LogP) is 3.07. The van der Waals surface area contributed by atoms with Gasteiger partial charge in [-0.2, -0.15) is 0 Å². The maximum Gasteiger partial charge on any atom is 0.223 e. The summed E-state index contributed by atoms with van der Waals surface area (Å²) in [5, 5.41) is 5.92. The van der Waals surface area contributed by atoms with Crippen LogP contribution in [0.25, 0.3) is 0 Å². The molecular formula is C26H33N3O3. The topological polar surface area (TPSA) is 78.5 Å². The summed E-state index contributed by atoms with van der Waals surface area (Å²) in [6.07, 6.45) is 3.45. The number of benzene rings is 2. The van der Waals surface area contributed by atoms with Crippen molar-refractivity contribution in [2.24, 2.45) is 5.92 Å². The van der Waals surface area contributed by atoms with E-state index in [9.17, 15) is 14.4 Å². The molecule has 1 fully saturated rings. The molecule has 6 nitrogen and oxygen atoms in total. The van der Waals surface area contributed by atoms with E-state index in [-0.39, 0.29) is 23.6 Å². The molecule has 2 aromatic rings. The normalized spacial score (nSPS) is 17.7. The quantitative estimate of drug-likeness (QED) is 0.732. The van der Waals surface area contributed by atoms with Crippen molar-refractivity contribution in [1.82, 2.24) is 15.5 Å². The van der Waals surface area contributed by atoms with Crippen LogP contribution in [-0.2, 0) is 27.3 Å². The Bertz CT molecular complexity index is 870. The number of amides is 3. The highest BCUT2D eigenvalue weighted by molar-refractivity contribution is 5.80. The molecule has 170 valence electrons. The lowest BCUT2D eigenvalue weighted by molar-refractivity contribution is -0.132. The van der Waals surface area contributed by atoms with Crippen LogP contribution in [-0.4, -0.2) is 42.3 Å². The Morgan fingerprint density at radius 3 is 2.34 bits per heavy atom. The first kappa shape index (κ1) is 23.5. The van der Waals surface area contributed by atoms with Gasteiger partial charge in [0.2, 0.25) is 17.7 Å². The van der Waals surface area contributed by atoms with E-state index in [1.165, 1.54) is 0 Å². The Morgan fingerprint density at radius 2 is 1.62 bits per heavy atom. The smallest absolute Gasteiger partial charge is 0.223 e. The first-order valence-corrected chi connectivity index (χ1v) is 11.5. The van der Waals surface area contributed by atoms with Crippen LogP contribution < -0.4 is 10.6 Å². The van der Waals surface area contributed by atoms with E-state index in [1.54, 1.807) is 4.90 Å². The number of hydrogen-bond donors (Lipinski definition) is 2. The molecule has 32 heavy (non-hydrogen) atoms. The van der Waals surface area contributed by atoms with Crippen LogP contribution in [0.4, 0.5) is 0 Å². The molecule has 0 saturated carbocycles. The number of carbonyl (C=O) groups excluding carboxylic acids is 3. The molecule has 0 aromatic heterocycles. The summed E-state index contributed by atoms with van der Waals surface area (Å²) in [6.45, 7) is 1.96. The van der Waals surface area contributed by atoms with Crippen molar-refractivity contribution in [3.8, 4) is 0 Å². The second-order valence-corrected chi connectivity index (χ2v) is 8.30. The van der Waals surface area contributed by atoms with E-state index >= 15 is 0 Å². The second-order valence-electron chi connectivity index (χ2n) is 8.30. The zero-order chi connectivity index (χ0) is 22.6. The van der Waals surface area contributed by atoms with Gasteiger partial charge in [0.25, 0.3) is 0 Å². The van der Waals surface area contributed by atoms with Crippen LogP contribution in [0.15, 0.2) is 60.7 Å².